The van der Waals surface area contributed by atoms with Crippen molar-refractivity contribution in [2.75, 3.05) is 6.54 Å². The van der Waals surface area contributed by atoms with Gasteiger partial charge in [-0.3, -0.25) is 10.2 Å². The fourth-order valence-corrected chi connectivity index (χ4v) is 2.88. The van der Waals surface area contributed by atoms with E-state index in [9.17, 15) is 18.0 Å². The number of hydrogen-bond acceptors (Lipinski definition) is 2. The van der Waals surface area contributed by atoms with Gasteiger partial charge in [-0.25, -0.2) is 5.01 Å². The van der Waals surface area contributed by atoms with Crippen LogP contribution in [-0.2, 0) is 11.2 Å². The van der Waals surface area contributed by atoms with Crippen molar-refractivity contribution in [3.8, 4) is 0 Å². The summed E-state index contributed by atoms with van der Waals surface area (Å²) >= 11 is 0. The van der Waals surface area contributed by atoms with Gasteiger partial charge in [0, 0.05) is 6.54 Å². The Kier molecular flexibility index (Phi) is 4.76. The molecule has 128 valence electrons. The Hall–Kier alpha value is -1.56. The average molecular weight is 328 g/mol. The Morgan fingerprint density at radius 2 is 1.96 bits per heavy atom. The Morgan fingerprint density at radius 1 is 1.30 bits per heavy atom. The van der Waals surface area contributed by atoms with Gasteiger partial charge in [-0.2, -0.15) is 13.2 Å². The second-order valence-corrected chi connectivity index (χ2v) is 7.24. The first kappa shape index (κ1) is 17.8. The molecule has 3 nitrogen and oxygen atoms in total. The molecule has 1 aliphatic heterocycles. The molecular weight excluding hydrogens is 305 g/mol. The van der Waals surface area contributed by atoms with Crippen LogP contribution in [0.4, 0.5) is 13.2 Å². The number of carbonyl (C=O) groups excluding carboxylic acids is 1. The summed E-state index contributed by atoms with van der Waals surface area (Å²) in [5.74, 6) is -0.0231. The van der Waals surface area contributed by atoms with Gasteiger partial charge in [0.15, 0.2) is 0 Å². The largest absolute Gasteiger partial charge is 0.409 e. The number of halogens is 3. The molecule has 1 aliphatic rings. The van der Waals surface area contributed by atoms with Crippen LogP contribution < -0.4 is 5.43 Å². The molecule has 6 heteroatoms. The number of hydrogen-bond donors (Lipinski definition) is 1. The summed E-state index contributed by atoms with van der Waals surface area (Å²) in [5.41, 5.74) is 2.58. The molecule has 0 aliphatic carbocycles. The third-order valence-electron chi connectivity index (χ3n) is 3.96. The molecule has 1 N–H and O–H groups in total. The van der Waals surface area contributed by atoms with Crippen molar-refractivity contribution in [2.45, 2.75) is 46.3 Å². The Bertz CT molecular complexity index is 581. The molecule has 1 fully saturated rings. The first-order chi connectivity index (χ1) is 10.5. The summed E-state index contributed by atoms with van der Waals surface area (Å²) in [6.45, 7) is 7.36. The molecule has 1 amide bonds. The topological polar surface area (TPSA) is 32.3 Å². The molecule has 0 spiro atoms. The van der Waals surface area contributed by atoms with Crippen LogP contribution in [0.5, 0.6) is 0 Å². The van der Waals surface area contributed by atoms with Crippen molar-refractivity contribution < 1.29 is 18.0 Å². The number of hydrazine groups is 1. The van der Waals surface area contributed by atoms with E-state index in [1.165, 1.54) is 6.07 Å². The summed E-state index contributed by atoms with van der Waals surface area (Å²) in [7, 11) is 0. The van der Waals surface area contributed by atoms with Crippen molar-refractivity contribution in [1.29, 1.82) is 0 Å². The number of nitrogens with one attached hydrogen (secondary N) is 1. The maximum atomic E-state index is 13.6. The van der Waals surface area contributed by atoms with Gasteiger partial charge in [0.05, 0.1) is 5.41 Å². The monoisotopic (exact) mass is 328 g/mol. The second-order valence-electron chi connectivity index (χ2n) is 7.24. The van der Waals surface area contributed by atoms with Crippen LogP contribution >= 0.6 is 0 Å². The summed E-state index contributed by atoms with van der Waals surface area (Å²) < 4.78 is 40.9. The SMILES string of the molecule is CC(C)Cc1cccc([C@H](N2CC(C)(C)C(=O)N2)C(F)(F)F)c1. The van der Waals surface area contributed by atoms with Crippen molar-refractivity contribution in [2.24, 2.45) is 11.3 Å². The highest BCUT2D eigenvalue weighted by atomic mass is 19.4. The molecule has 0 unspecified atom stereocenters. The molecule has 1 saturated heterocycles. The molecule has 0 saturated carbocycles. The summed E-state index contributed by atoms with van der Waals surface area (Å²) in [6.07, 6.45) is -3.75. The number of rotatable bonds is 4. The number of nitrogens with zero attached hydrogens (tertiary/aromatic N) is 1. The molecule has 23 heavy (non-hydrogen) atoms. The third-order valence-corrected chi connectivity index (χ3v) is 3.96. The highest BCUT2D eigenvalue weighted by molar-refractivity contribution is 5.83. The molecule has 0 bridgehead atoms. The summed E-state index contributed by atoms with van der Waals surface area (Å²) in [5, 5.41) is 1.01. The van der Waals surface area contributed by atoms with Crippen LogP contribution in [0.25, 0.3) is 0 Å². The van der Waals surface area contributed by atoms with Crippen LogP contribution in [0.3, 0.4) is 0 Å². The Labute approximate surface area is 134 Å². The first-order valence-electron chi connectivity index (χ1n) is 7.74. The van der Waals surface area contributed by atoms with Crippen molar-refractivity contribution in [3.63, 3.8) is 0 Å². The van der Waals surface area contributed by atoms with Gasteiger partial charge in [-0.15, -0.1) is 0 Å². The van der Waals surface area contributed by atoms with Crippen LogP contribution in [-0.4, -0.2) is 23.6 Å². The maximum Gasteiger partial charge on any atom is 0.409 e. The maximum absolute atomic E-state index is 13.6. The highest BCUT2D eigenvalue weighted by Crippen LogP contribution is 2.40. The summed E-state index contributed by atoms with van der Waals surface area (Å²) in [4.78, 5) is 11.9. The van der Waals surface area contributed by atoms with E-state index < -0.39 is 17.6 Å². The van der Waals surface area contributed by atoms with E-state index in [0.29, 0.717) is 5.92 Å². The van der Waals surface area contributed by atoms with Gasteiger partial charge in [-0.1, -0.05) is 38.1 Å². The van der Waals surface area contributed by atoms with Crippen LogP contribution in [0.1, 0.15) is 44.9 Å². The fraction of sp³-hybridized carbons (Fsp3) is 0.588. The van der Waals surface area contributed by atoms with Gasteiger partial charge in [0.2, 0.25) is 5.91 Å². The number of carbonyl (C=O) groups is 1. The quantitative estimate of drug-likeness (QED) is 0.910. The van der Waals surface area contributed by atoms with E-state index in [1.54, 1.807) is 26.0 Å². The molecule has 1 atom stereocenters. The predicted octanol–water partition coefficient (Wildman–Crippen LogP) is 3.86. The van der Waals surface area contributed by atoms with Gasteiger partial charge in [0.1, 0.15) is 6.04 Å². The van der Waals surface area contributed by atoms with Gasteiger partial charge in [0.25, 0.3) is 0 Å². The minimum Gasteiger partial charge on any atom is -0.287 e. The fourth-order valence-electron chi connectivity index (χ4n) is 2.88. The van der Waals surface area contributed by atoms with E-state index in [4.69, 9.17) is 0 Å². The van der Waals surface area contributed by atoms with E-state index in [2.05, 4.69) is 5.43 Å². The lowest BCUT2D eigenvalue weighted by Gasteiger charge is -2.30. The zero-order valence-corrected chi connectivity index (χ0v) is 13.9. The normalized spacial score (nSPS) is 19.9. The average Bonchev–Trinajstić information content (AvgIpc) is 2.61. The molecule has 1 aromatic rings. The highest BCUT2D eigenvalue weighted by Gasteiger charge is 2.51. The zero-order chi connectivity index (χ0) is 17.4. The Morgan fingerprint density at radius 3 is 2.43 bits per heavy atom. The van der Waals surface area contributed by atoms with E-state index in [0.717, 1.165) is 17.0 Å². The molecule has 1 heterocycles. The smallest absolute Gasteiger partial charge is 0.287 e. The first-order valence-corrected chi connectivity index (χ1v) is 7.74. The van der Waals surface area contributed by atoms with E-state index >= 15 is 0 Å². The lowest BCUT2D eigenvalue weighted by Crippen LogP contribution is -2.43. The standard InChI is InChI=1S/C17H23F3N2O/c1-11(2)8-12-6-5-7-13(9-12)14(17(18,19)20)22-10-16(3,4)15(23)21-22/h5-7,9,11,14H,8,10H2,1-4H3,(H,21,23)/t14-/m0/s1. The van der Waals surface area contributed by atoms with Gasteiger partial charge >= 0.3 is 6.18 Å². The Balaban J connectivity index is 2.36. The zero-order valence-electron chi connectivity index (χ0n) is 13.9. The predicted molar refractivity (Wildman–Crippen MR) is 82.4 cm³/mol. The van der Waals surface area contributed by atoms with Crippen molar-refractivity contribution in [1.82, 2.24) is 10.4 Å². The number of amides is 1. The minimum atomic E-state index is -4.47. The second kappa shape index (κ2) is 6.15. The molecular formula is C17H23F3N2O. The minimum absolute atomic E-state index is 0.0183. The summed E-state index contributed by atoms with van der Waals surface area (Å²) in [6, 6.07) is 4.72. The van der Waals surface area contributed by atoms with E-state index in [-0.39, 0.29) is 18.0 Å². The lowest BCUT2D eigenvalue weighted by molar-refractivity contribution is -0.191. The molecule has 0 aromatic heterocycles. The van der Waals surface area contributed by atoms with Crippen molar-refractivity contribution >= 4 is 5.91 Å². The molecule has 1 aromatic carbocycles. The molecule has 2 rings (SSSR count). The van der Waals surface area contributed by atoms with Gasteiger partial charge in [-0.05, 0) is 37.3 Å². The van der Waals surface area contributed by atoms with Crippen molar-refractivity contribution in [3.05, 3.63) is 35.4 Å². The van der Waals surface area contributed by atoms with Gasteiger partial charge < -0.3 is 0 Å². The van der Waals surface area contributed by atoms with Crippen LogP contribution in [0.2, 0.25) is 0 Å². The third kappa shape index (κ3) is 4.05. The van der Waals surface area contributed by atoms with E-state index in [1.807, 2.05) is 19.9 Å². The molecule has 0 radical (unpaired) electrons. The lowest BCUT2D eigenvalue weighted by atomic mass is 9.93. The van der Waals surface area contributed by atoms with Crippen LogP contribution in [0, 0.1) is 11.3 Å². The number of benzene rings is 1. The number of alkyl halides is 3. The van der Waals surface area contributed by atoms with Crippen LogP contribution in [0.15, 0.2) is 24.3 Å².